The zero-order valence-electron chi connectivity index (χ0n) is 9.01. The number of carbonyl (C=O) groups is 1. The first-order valence-electron chi connectivity index (χ1n) is 5.11. The van der Waals surface area contributed by atoms with E-state index in [4.69, 9.17) is 4.74 Å². The summed E-state index contributed by atoms with van der Waals surface area (Å²) in [6.07, 6.45) is 7.39. The number of allylic oxidation sites excluding steroid dienone is 2. The fraction of sp³-hybridized carbons (Fsp3) is 0.583. The van der Waals surface area contributed by atoms with Gasteiger partial charge in [0.15, 0.2) is 5.60 Å². The minimum atomic E-state index is -0.592. The molecule has 1 unspecified atom stereocenters. The molecule has 2 heteroatoms. The third-order valence-corrected chi connectivity index (χ3v) is 2.55. The van der Waals surface area contributed by atoms with Gasteiger partial charge in [-0.05, 0) is 39.5 Å². The van der Waals surface area contributed by atoms with Crippen LogP contribution in [-0.2, 0) is 9.53 Å². The van der Waals surface area contributed by atoms with E-state index in [-0.39, 0.29) is 5.78 Å². The number of rotatable bonds is 5. The summed E-state index contributed by atoms with van der Waals surface area (Å²) >= 11 is 0. The Bertz CT molecular complexity index is 265. The molecule has 2 nitrogen and oxygen atoms in total. The molecule has 0 amide bonds. The van der Waals surface area contributed by atoms with Gasteiger partial charge in [0.05, 0.1) is 5.76 Å². The molecular formula is C12H18O2. The molecule has 0 aromatic heterocycles. The Labute approximate surface area is 85.6 Å². The van der Waals surface area contributed by atoms with Crippen LogP contribution in [0.3, 0.4) is 0 Å². The molecule has 0 N–H and O–H groups in total. The number of carbonyl (C=O) groups excluding carboxylic acids is 1. The quantitative estimate of drug-likeness (QED) is 0.496. The second-order valence-electron chi connectivity index (χ2n) is 3.99. The average Bonchev–Trinajstić information content (AvgIpc) is 2.36. The Balaban J connectivity index is 2.37. The van der Waals surface area contributed by atoms with Crippen molar-refractivity contribution in [1.29, 1.82) is 0 Å². The van der Waals surface area contributed by atoms with Crippen molar-refractivity contribution in [2.75, 3.05) is 0 Å². The average molecular weight is 194 g/mol. The first-order valence-corrected chi connectivity index (χ1v) is 5.11. The lowest BCUT2D eigenvalue weighted by Gasteiger charge is -2.22. The van der Waals surface area contributed by atoms with Crippen LogP contribution in [0.1, 0.15) is 39.5 Å². The van der Waals surface area contributed by atoms with E-state index in [9.17, 15) is 4.79 Å². The molecule has 0 aliphatic carbocycles. The monoisotopic (exact) mass is 194 g/mol. The van der Waals surface area contributed by atoms with Crippen molar-refractivity contribution in [3.63, 3.8) is 0 Å². The molecule has 1 aliphatic rings. The van der Waals surface area contributed by atoms with E-state index in [1.807, 2.05) is 19.9 Å². The number of ketones is 1. The molecule has 0 spiro atoms. The molecular weight excluding hydrogens is 176 g/mol. The lowest BCUT2D eigenvalue weighted by atomic mass is 9.94. The summed E-state index contributed by atoms with van der Waals surface area (Å²) in [5, 5.41) is 0. The molecule has 78 valence electrons. The Morgan fingerprint density at radius 3 is 2.79 bits per heavy atom. The van der Waals surface area contributed by atoms with Gasteiger partial charge in [0.2, 0.25) is 5.78 Å². The van der Waals surface area contributed by atoms with E-state index in [0.717, 1.165) is 31.4 Å². The number of unbranched alkanes of at least 4 members (excludes halogenated alkanes) is 2. The van der Waals surface area contributed by atoms with Gasteiger partial charge in [-0.1, -0.05) is 6.08 Å². The first-order chi connectivity index (χ1) is 6.58. The van der Waals surface area contributed by atoms with E-state index in [1.165, 1.54) is 0 Å². The summed E-state index contributed by atoms with van der Waals surface area (Å²) < 4.78 is 5.53. The van der Waals surface area contributed by atoms with Crippen LogP contribution in [0.15, 0.2) is 24.5 Å². The molecule has 0 saturated heterocycles. The maximum absolute atomic E-state index is 11.5. The lowest BCUT2D eigenvalue weighted by Crippen LogP contribution is -2.32. The predicted molar refractivity (Wildman–Crippen MR) is 56.9 cm³/mol. The van der Waals surface area contributed by atoms with Crippen LogP contribution < -0.4 is 0 Å². The molecule has 0 saturated carbocycles. The highest BCUT2D eigenvalue weighted by atomic mass is 16.5. The Kier molecular flexibility index (Phi) is 3.50. The van der Waals surface area contributed by atoms with Gasteiger partial charge in [-0.25, -0.2) is 0 Å². The summed E-state index contributed by atoms with van der Waals surface area (Å²) in [5.41, 5.74) is -0.592. The number of hydrogen-bond donors (Lipinski definition) is 0. The summed E-state index contributed by atoms with van der Waals surface area (Å²) in [5.74, 6) is 0.842. The van der Waals surface area contributed by atoms with Crippen LogP contribution in [0.2, 0.25) is 0 Å². The van der Waals surface area contributed by atoms with Gasteiger partial charge in [-0.15, -0.1) is 6.58 Å². The third kappa shape index (κ3) is 2.47. The van der Waals surface area contributed by atoms with Crippen molar-refractivity contribution in [2.24, 2.45) is 0 Å². The van der Waals surface area contributed by atoms with Gasteiger partial charge in [-0.3, -0.25) is 4.79 Å². The van der Waals surface area contributed by atoms with Gasteiger partial charge in [0.1, 0.15) is 0 Å². The SMILES string of the molecule is C=CCCCCC1(C)OC(C)=CC1=O. The molecule has 1 aliphatic heterocycles. The summed E-state index contributed by atoms with van der Waals surface area (Å²) in [6.45, 7) is 7.36. The largest absolute Gasteiger partial charge is 0.484 e. The summed E-state index contributed by atoms with van der Waals surface area (Å²) in [6, 6.07) is 0. The highest BCUT2D eigenvalue weighted by Gasteiger charge is 2.37. The minimum absolute atomic E-state index is 0.105. The van der Waals surface area contributed by atoms with Gasteiger partial charge < -0.3 is 4.74 Å². The maximum Gasteiger partial charge on any atom is 0.202 e. The van der Waals surface area contributed by atoms with Crippen molar-refractivity contribution in [2.45, 2.75) is 45.1 Å². The molecule has 0 radical (unpaired) electrons. The summed E-state index contributed by atoms with van der Waals surface area (Å²) in [7, 11) is 0. The van der Waals surface area contributed by atoms with Crippen molar-refractivity contribution in [3.05, 3.63) is 24.5 Å². The van der Waals surface area contributed by atoms with Crippen LogP contribution in [0, 0.1) is 0 Å². The molecule has 1 rings (SSSR count). The molecule has 0 bridgehead atoms. The smallest absolute Gasteiger partial charge is 0.202 e. The fourth-order valence-corrected chi connectivity index (χ4v) is 1.70. The first kappa shape index (κ1) is 11.0. The standard InChI is InChI=1S/C12H18O2/c1-4-5-6-7-8-12(3)11(13)9-10(2)14-12/h4,9H,1,5-8H2,2-3H3. The Morgan fingerprint density at radius 2 is 2.29 bits per heavy atom. The molecule has 1 heterocycles. The summed E-state index contributed by atoms with van der Waals surface area (Å²) in [4.78, 5) is 11.5. The molecule has 1 atom stereocenters. The van der Waals surface area contributed by atoms with Crippen LogP contribution in [0.4, 0.5) is 0 Å². The van der Waals surface area contributed by atoms with E-state index >= 15 is 0 Å². The van der Waals surface area contributed by atoms with Crippen molar-refractivity contribution in [1.82, 2.24) is 0 Å². The van der Waals surface area contributed by atoms with Gasteiger partial charge in [0, 0.05) is 6.08 Å². The van der Waals surface area contributed by atoms with Gasteiger partial charge >= 0.3 is 0 Å². The van der Waals surface area contributed by atoms with Crippen LogP contribution in [-0.4, -0.2) is 11.4 Å². The maximum atomic E-state index is 11.5. The van der Waals surface area contributed by atoms with E-state index in [2.05, 4.69) is 6.58 Å². The number of hydrogen-bond acceptors (Lipinski definition) is 2. The highest BCUT2D eigenvalue weighted by molar-refractivity contribution is 5.98. The molecule has 0 aromatic rings. The van der Waals surface area contributed by atoms with Crippen molar-refractivity contribution in [3.8, 4) is 0 Å². The topological polar surface area (TPSA) is 26.3 Å². The van der Waals surface area contributed by atoms with E-state index in [0.29, 0.717) is 0 Å². The predicted octanol–water partition coefficient (Wildman–Crippen LogP) is 2.99. The fourth-order valence-electron chi connectivity index (χ4n) is 1.70. The Morgan fingerprint density at radius 1 is 1.57 bits per heavy atom. The zero-order chi connectivity index (χ0) is 10.6. The Hall–Kier alpha value is -1.05. The molecule has 0 fully saturated rings. The third-order valence-electron chi connectivity index (χ3n) is 2.55. The minimum Gasteiger partial charge on any atom is -0.484 e. The lowest BCUT2D eigenvalue weighted by molar-refractivity contribution is -0.129. The van der Waals surface area contributed by atoms with Gasteiger partial charge in [-0.2, -0.15) is 0 Å². The van der Waals surface area contributed by atoms with Crippen LogP contribution in [0.25, 0.3) is 0 Å². The second kappa shape index (κ2) is 4.45. The zero-order valence-corrected chi connectivity index (χ0v) is 9.01. The normalized spacial score (nSPS) is 25.9. The number of ether oxygens (including phenoxy) is 1. The van der Waals surface area contributed by atoms with E-state index in [1.54, 1.807) is 6.08 Å². The molecule has 0 aromatic carbocycles. The van der Waals surface area contributed by atoms with E-state index < -0.39 is 5.60 Å². The highest BCUT2D eigenvalue weighted by Crippen LogP contribution is 2.29. The van der Waals surface area contributed by atoms with Crippen LogP contribution >= 0.6 is 0 Å². The second-order valence-corrected chi connectivity index (χ2v) is 3.99. The van der Waals surface area contributed by atoms with Crippen LogP contribution in [0.5, 0.6) is 0 Å². The van der Waals surface area contributed by atoms with Crippen molar-refractivity contribution < 1.29 is 9.53 Å². The van der Waals surface area contributed by atoms with Crippen molar-refractivity contribution >= 4 is 5.78 Å². The van der Waals surface area contributed by atoms with Gasteiger partial charge in [0.25, 0.3) is 0 Å². The molecule has 14 heavy (non-hydrogen) atoms.